The Kier molecular flexibility index (Phi) is 6.03. The van der Waals surface area contributed by atoms with Gasteiger partial charge in [0.25, 0.3) is 11.6 Å². The van der Waals surface area contributed by atoms with Crippen LogP contribution in [0.1, 0.15) is 15.9 Å². The molecule has 142 valence electrons. The van der Waals surface area contributed by atoms with Crippen LogP contribution in [-0.4, -0.2) is 53.4 Å². The first-order valence-corrected chi connectivity index (χ1v) is 9.02. The van der Waals surface area contributed by atoms with Crippen LogP contribution >= 0.6 is 11.6 Å². The van der Waals surface area contributed by atoms with E-state index in [0.717, 1.165) is 25.1 Å². The van der Waals surface area contributed by atoms with Crippen LogP contribution in [0.25, 0.3) is 0 Å². The zero-order valence-corrected chi connectivity index (χ0v) is 15.4. The molecule has 0 N–H and O–H groups in total. The Morgan fingerprint density at radius 2 is 1.78 bits per heavy atom. The van der Waals surface area contributed by atoms with Gasteiger partial charge in [-0.2, -0.15) is 0 Å². The third-order valence-electron chi connectivity index (χ3n) is 4.68. The molecule has 0 saturated carbocycles. The molecular weight excluding hydrogens is 373 g/mol. The third kappa shape index (κ3) is 4.81. The van der Waals surface area contributed by atoms with Crippen LogP contribution in [0, 0.1) is 15.9 Å². The van der Waals surface area contributed by atoms with Gasteiger partial charge >= 0.3 is 0 Å². The average Bonchev–Trinajstić information content (AvgIpc) is 2.67. The maximum Gasteiger partial charge on any atom is 0.272 e. The summed E-state index contributed by atoms with van der Waals surface area (Å²) in [7, 11) is 0. The second-order valence-electron chi connectivity index (χ2n) is 6.43. The Bertz CT molecular complexity index is 837. The highest BCUT2D eigenvalue weighted by molar-refractivity contribution is 6.30. The molecule has 1 heterocycles. The predicted molar refractivity (Wildman–Crippen MR) is 101 cm³/mol. The molecule has 0 aromatic heterocycles. The van der Waals surface area contributed by atoms with Crippen molar-refractivity contribution in [2.24, 2.45) is 0 Å². The van der Waals surface area contributed by atoms with E-state index < -0.39 is 16.6 Å². The van der Waals surface area contributed by atoms with E-state index in [2.05, 4.69) is 4.90 Å². The van der Waals surface area contributed by atoms with Crippen molar-refractivity contribution in [1.29, 1.82) is 0 Å². The maximum absolute atomic E-state index is 14.1. The molecule has 6 nitrogen and oxygen atoms in total. The minimum absolute atomic E-state index is 0.129. The highest BCUT2D eigenvalue weighted by Gasteiger charge is 2.25. The van der Waals surface area contributed by atoms with E-state index >= 15 is 0 Å². The number of nitrogens with zero attached hydrogens (tertiary/aromatic N) is 3. The highest BCUT2D eigenvalue weighted by Crippen LogP contribution is 2.19. The monoisotopic (exact) mass is 391 g/mol. The van der Waals surface area contributed by atoms with Crippen molar-refractivity contribution < 1.29 is 14.1 Å². The summed E-state index contributed by atoms with van der Waals surface area (Å²) in [5, 5.41) is 11.4. The molecule has 0 atom stereocenters. The highest BCUT2D eigenvalue weighted by atomic mass is 35.5. The van der Waals surface area contributed by atoms with Crippen molar-refractivity contribution in [3.8, 4) is 0 Å². The molecule has 1 aliphatic rings. The van der Waals surface area contributed by atoms with E-state index in [1.165, 1.54) is 11.6 Å². The van der Waals surface area contributed by atoms with Gasteiger partial charge in [0.1, 0.15) is 5.82 Å². The number of rotatable bonds is 5. The first kappa shape index (κ1) is 19.3. The van der Waals surface area contributed by atoms with Crippen molar-refractivity contribution in [2.75, 3.05) is 32.7 Å². The Morgan fingerprint density at radius 3 is 2.37 bits per heavy atom. The van der Waals surface area contributed by atoms with Crippen LogP contribution in [0.4, 0.5) is 10.1 Å². The lowest BCUT2D eigenvalue weighted by Crippen LogP contribution is -2.49. The summed E-state index contributed by atoms with van der Waals surface area (Å²) in [5.41, 5.74) is 0.706. The van der Waals surface area contributed by atoms with Gasteiger partial charge in [-0.25, -0.2) is 4.39 Å². The number of nitro groups is 1. The number of non-ortho nitro benzene ring substituents is 1. The molecule has 1 aliphatic heterocycles. The van der Waals surface area contributed by atoms with E-state index in [4.69, 9.17) is 11.6 Å². The average molecular weight is 392 g/mol. The number of amides is 1. The third-order valence-corrected chi connectivity index (χ3v) is 4.94. The molecule has 1 saturated heterocycles. The lowest BCUT2D eigenvalue weighted by atomic mass is 10.1. The first-order valence-electron chi connectivity index (χ1n) is 8.64. The zero-order valence-electron chi connectivity index (χ0n) is 14.6. The van der Waals surface area contributed by atoms with Crippen LogP contribution in [0.15, 0.2) is 42.5 Å². The van der Waals surface area contributed by atoms with Crippen molar-refractivity contribution >= 4 is 23.2 Å². The molecule has 2 aromatic rings. The molecule has 1 fully saturated rings. The molecular formula is C19H19ClFN3O3. The van der Waals surface area contributed by atoms with Gasteiger partial charge in [-0.1, -0.05) is 23.7 Å². The topological polar surface area (TPSA) is 66.7 Å². The first-order chi connectivity index (χ1) is 12.9. The summed E-state index contributed by atoms with van der Waals surface area (Å²) >= 11 is 5.88. The van der Waals surface area contributed by atoms with E-state index in [1.54, 1.807) is 4.90 Å². The second-order valence-corrected chi connectivity index (χ2v) is 6.87. The summed E-state index contributed by atoms with van der Waals surface area (Å²) in [6.45, 7) is 3.27. The molecule has 0 spiro atoms. The Hall–Kier alpha value is -2.51. The Balaban J connectivity index is 1.53. The molecule has 0 bridgehead atoms. The van der Waals surface area contributed by atoms with Crippen LogP contribution in [-0.2, 0) is 6.42 Å². The molecule has 0 aliphatic carbocycles. The van der Waals surface area contributed by atoms with Crippen LogP contribution in [0.5, 0.6) is 0 Å². The van der Waals surface area contributed by atoms with Gasteiger partial charge in [0, 0.05) is 43.8 Å². The van der Waals surface area contributed by atoms with E-state index in [0.29, 0.717) is 31.2 Å². The molecule has 1 amide bonds. The van der Waals surface area contributed by atoms with Gasteiger partial charge in [0.15, 0.2) is 0 Å². The van der Waals surface area contributed by atoms with Crippen LogP contribution in [0.3, 0.4) is 0 Å². The fraction of sp³-hybridized carbons (Fsp3) is 0.316. The minimum atomic E-state index is -0.862. The standard InChI is InChI=1S/C19H19ClFN3O3/c20-15-3-1-14(2-4-15)7-8-22-9-11-23(12-10-22)19(25)17-6-5-16(24(26)27)13-18(17)21/h1-6,13H,7-12H2. The Morgan fingerprint density at radius 1 is 1.11 bits per heavy atom. The zero-order chi connectivity index (χ0) is 19.4. The van der Waals surface area contributed by atoms with E-state index in [-0.39, 0.29) is 11.3 Å². The number of hydrogen-bond acceptors (Lipinski definition) is 4. The smallest absolute Gasteiger partial charge is 0.272 e. The summed E-state index contributed by atoms with van der Waals surface area (Å²) in [5.74, 6) is -1.29. The number of halogens is 2. The summed E-state index contributed by atoms with van der Waals surface area (Å²) in [6.07, 6.45) is 0.891. The fourth-order valence-corrected chi connectivity index (χ4v) is 3.20. The van der Waals surface area contributed by atoms with Gasteiger partial charge in [-0.15, -0.1) is 0 Å². The minimum Gasteiger partial charge on any atom is -0.336 e. The van der Waals surface area contributed by atoms with Crippen molar-refractivity contribution in [3.05, 3.63) is 74.5 Å². The lowest BCUT2D eigenvalue weighted by molar-refractivity contribution is -0.385. The number of nitro benzene ring substituents is 1. The van der Waals surface area contributed by atoms with Gasteiger partial charge in [-0.05, 0) is 30.2 Å². The number of carbonyl (C=O) groups excluding carboxylic acids is 1. The van der Waals surface area contributed by atoms with Gasteiger partial charge in [0.2, 0.25) is 0 Å². The second kappa shape index (κ2) is 8.45. The number of benzene rings is 2. The molecule has 3 rings (SSSR count). The summed E-state index contributed by atoms with van der Waals surface area (Å²) in [4.78, 5) is 26.3. The van der Waals surface area contributed by atoms with Crippen molar-refractivity contribution in [1.82, 2.24) is 9.80 Å². The number of hydrogen-bond donors (Lipinski definition) is 0. The molecule has 27 heavy (non-hydrogen) atoms. The summed E-state index contributed by atoms with van der Waals surface area (Å²) < 4.78 is 14.1. The SMILES string of the molecule is O=C(c1ccc([N+](=O)[O-])cc1F)N1CCN(CCc2ccc(Cl)cc2)CC1. The van der Waals surface area contributed by atoms with Crippen LogP contribution in [0.2, 0.25) is 5.02 Å². The summed E-state index contributed by atoms with van der Waals surface area (Å²) in [6, 6.07) is 10.9. The lowest BCUT2D eigenvalue weighted by Gasteiger charge is -2.34. The van der Waals surface area contributed by atoms with E-state index in [9.17, 15) is 19.3 Å². The predicted octanol–water partition coefficient (Wildman–Crippen LogP) is 3.39. The Labute approximate surface area is 161 Å². The molecule has 0 unspecified atom stereocenters. The van der Waals surface area contributed by atoms with Gasteiger partial charge in [-0.3, -0.25) is 19.8 Å². The van der Waals surface area contributed by atoms with E-state index in [1.807, 2.05) is 24.3 Å². The normalized spacial score (nSPS) is 15.0. The van der Waals surface area contributed by atoms with Crippen molar-refractivity contribution in [3.63, 3.8) is 0 Å². The quantitative estimate of drug-likeness (QED) is 0.578. The molecule has 2 aromatic carbocycles. The largest absolute Gasteiger partial charge is 0.336 e. The number of piperazine rings is 1. The van der Waals surface area contributed by atoms with Crippen molar-refractivity contribution in [2.45, 2.75) is 6.42 Å². The number of carbonyl (C=O) groups is 1. The fourth-order valence-electron chi connectivity index (χ4n) is 3.07. The maximum atomic E-state index is 14.1. The molecule has 0 radical (unpaired) electrons. The van der Waals surface area contributed by atoms with Gasteiger partial charge in [0.05, 0.1) is 16.6 Å². The molecule has 8 heteroatoms. The van der Waals surface area contributed by atoms with Crippen LogP contribution < -0.4 is 0 Å². The van der Waals surface area contributed by atoms with Gasteiger partial charge < -0.3 is 4.90 Å².